The average molecular weight is 506 g/mol. The molecular weight excluding hydrogens is 481 g/mol. The van der Waals surface area contributed by atoms with Gasteiger partial charge in [0.1, 0.15) is 5.75 Å². The monoisotopic (exact) mass is 505 g/mol. The normalized spacial score (nSPS) is 10.6. The minimum absolute atomic E-state index is 0. The molecule has 0 atom stereocenters. The topological polar surface area (TPSA) is 64.1 Å². The summed E-state index contributed by atoms with van der Waals surface area (Å²) in [6.07, 6.45) is 0. The lowest BCUT2D eigenvalue weighted by Crippen LogP contribution is -2.30. The van der Waals surface area contributed by atoms with Crippen molar-refractivity contribution < 1.29 is 14.2 Å². The molecule has 0 fully saturated rings. The van der Waals surface area contributed by atoms with Crippen molar-refractivity contribution >= 4 is 47.2 Å². The van der Waals surface area contributed by atoms with Gasteiger partial charge in [-0.15, -0.1) is 24.0 Å². The maximum Gasteiger partial charge on any atom is 0.196 e. The number of aliphatic imine (C=N–C) groups is 1. The Morgan fingerprint density at radius 3 is 2.30 bits per heavy atom. The number of nitrogens with one attached hydrogen (secondary N) is 2. The Morgan fingerprint density at radius 2 is 1.67 bits per heavy atom. The molecule has 0 aliphatic heterocycles. The van der Waals surface area contributed by atoms with Crippen LogP contribution in [0, 0.1) is 0 Å². The quantitative estimate of drug-likeness (QED) is 0.328. The van der Waals surface area contributed by atoms with E-state index in [0.29, 0.717) is 34.8 Å². The summed E-state index contributed by atoms with van der Waals surface area (Å²) in [5.74, 6) is 2.68. The highest BCUT2D eigenvalue weighted by Crippen LogP contribution is 2.29. The van der Waals surface area contributed by atoms with E-state index in [-0.39, 0.29) is 24.0 Å². The van der Waals surface area contributed by atoms with Crippen LogP contribution in [0.5, 0.6) is 17.2 Å². The van der Waals surface area contributed by atoms with Crippen molar-refractivity contribution in [3.63, 3.8) is 0 Å². The number of nitrogens with zero attached hydrogens (tertiary/aromatic N) is 1. The summed E-state index contributed by atoms with van der Waals surface area (Å²) >= 11 is 6.01. The first-order valence-electron chi connectivity index (χ1n) is 8.21. The Morgan fingerprint density at radius 1 is 0.963 bits per heavy atom. The summed E-state index contributed by atoms with van der Waals surface area (Å²) in [5.41, 5.74) is 1.78. The molecule has 0 aliphatic rings. The van der Waals surface area contributed by atoms with E-state index in [2.05, 4.69) is 15.6 Å². The standard InChI is InChI=1S/C19H24ClN3O3.HI/c1-5-21-19(22-12-13-6-7-14(20)10-17(13)25-3)23-15-8-9-16(24-2)18(11-15)26-4;/h6-11H,5,12H2,1-4H3,(H2,21,22,23);1H. The molecule has 6 nitrogen and oxygen atoms in total. The molecule has 2 aromatic carbocycles. The van der Waals surface area contributed by atoms with Crippen molar-refractivity contribution in [3.05, 3.63) is 47.0 Å². The maximum atomic E-state index is 6.01. The molecule has 0 heterocycles. The van der Waals surface area contributed by atoms with Crippen LogP contribution >= 0.6 is 35.6 Å². The first-order valence-corrected chi connectivity index (χ1v) is 8.58. The summed E-state index contributed by atoms with van der Waals surface area (Å²) in [7, 11) is 4.83. The SMILES string of the molecule is CCNC(=NCc1ccc(Cl)cc1OC)Nc1ccc(OC)c(OC)c1.I. The van der Waals surface area contributed by atoms with Crippen LogP contribution in [0.25, 0.3) is 0 Å². The fraction of sp³-hybridized carbons (Fsp3) is 0.316. The lowest BCUT2D eigenvalue weighted by Gasteiger charge is -2.14. The number of methoxy groups -OCH3 is 3. The van der Waals surface area contributed by atoms with Gasteiger partial charge in [0.05, 0.1) is 27.9 Å². The lowest BCUT2D eigenvalue weighted by atomic mass is 10.2. The number of guanidine groups is 1. The highest BCUT2D eigenvalue weighted by Gasteiger charge is 2.07. The first kappa shape index (κ1) is 23.2. The number of hydrogen-bond donors (Lipinski definition) is 2. The molecule has 0 radical (unpaired) electrons. The Hall–Kier alpha value is -1.87. The van der Waals surface area contributed by atoms with Crippen molar-refractivity contribution in [1.29, 1.82) is 0 Å². The third-order valence-corrected chi connectivity index (χ3v) is 3.88. The fourth-order valence-corrected chi connectivity index (χ4v) is 2.53. The van der Waals surface area contributed by atoms with E-state index in [4.69, 9.17) is 25.8 Å². The van der Waals surface area contributed by atoms with Gasteiger partial charge < -0.3 is 24.8 Å². The van der Waals surface area contributed by atoms with Crippen LogP contribution in [0.15, 0.2) is 41.4 Å². The van der Waals surface area contributed by atoms with Crippen LogP contribution in [0.3, 0.4) is 0 Å². The molecule has 2 rings (SSSR count). The summed E-state index contributed by atoms with van der Waals surface area (Å²) in [4.78, 5) is 4.61. The number of halogens is 2. The smallest absolute Gasteiger partial charge is 0.196 e. The van der Waals surface area contributed by atoms with Crippen LogP contribution in [-0.2, 0) is 6.54 Å². The Labute approximate surface area is 182 Å². The number of hydrogen-bond acceptors (Lipinski definition) is 4. The molecule has 2 aromatic rings. The first-order chi connectivity index (χ1) is 12.6. The molecular formula is C19H25ClIN3O3. The second kappa shape index (κ2) is 11.8. The largest absolute Gasteiger partial charge is 0.496 e. The minimum Gasteiger partial charge on any atom is -0.496 e. The van der Waals surface area contributed by atoms with Gasteiger partial charge in [0, 0.05) is 28.9 Å². The van der Waals surface area contributed by atoms with Crippen molar-refractivity contribution in [3.8, 4) is 17.2 Å². The molecule has 0 amide bonds. The summed E-state index contributed by atoms with van der Waals surface area (Å²) < 4.78 is 16.0. The fourth-order valence-electron chi connectivity index (χ4n) is 2.37. The molecule has 0 unspecified atom stereocenters. The van der Waals surface area contributed by atoms with Gasteiger partial charge in [0.25, 0.3) is 0 Å². The zero-order valence-corrected chi connectivity index (χ0v) is 18.9. The molecule has 148 valence electrons. The number of ether oxygens (including phenoxy) is 3. The van der Waals surface area contributed by atoms with Crippen molar-refractivity contribution in [1.82, 2.24) is 5.32 Å². The third kappa shape index (κ3) is 6.66. The predicted octanol–water partition coefficient (Wildman–Crippen LogP) is 4.56. The van der Waals surface area contributed by atoms with Crippen molar-refractivity contribution in [2.24, 2.45) is 4.99 Å². The van der Waals surface area contributed by atoms with E-state index >= 15 is 0 Å². The molecule has 0 saturated heterocycles. The van der Waals surface area contributed by atoms with Crippen LogP contribution in [0.4, 0.5) is 5.69 Å². The highest BCUT2D eigenvalue weighted by atomic mass is 127. The molecule has 2 N–H and O–H groups in total. The van der Waals surface area contributed by atoms with Gasteiger partial charge in [-0.05, 0) is 31.2 Å². The summed E-state index contributed by atoms with van der Waals surface area (Å²) in [6, 6.07) is 11.1. The van der Waals surface area contributed by atoms with Crippen molar-refractivity contribution in [2.75, 3.05) is 33.2 Å². The second-order valence-electron chi connectivity index (χ2n) is 5.35. The molecule has 0 aromatic heterocycles. The Bertz CT molecular complexity index is 772. The van der Waals surface area contributed by atoms with Crippen molar-refractivity contribution in [2.45, 2.75) is 13.5 Å². The van der Waals surface area contributed by atoms with Crippen LogP contribution in [0.1, 0.15) is 12.5 Å². The molecule has 0 saturated carbocycles. The van der Waals surface area contributed by atoms with E-state index in [9.17, 15) is 0 Å². The summed E-state index contributed by atoms with van der Waals surface area (Å²) in [5, 5.41) is 7.11. The van der Waals surface area contributed by atoms with Crippen LogP contribution < -0.4 is 24.8 Å². The van der Waals surface area contributed by atoms with Crippen LogP contribution in [-0.4, -0.2) is 33.8 Å². The maximum absolute atomic E-state index is 6.01. The van der Waals surface area contributed by atoms with Gasteiger partial charge in [-0.3, -0.25) is 0 Å². The zero-order valence-electron chi connectivity index (χ0n) is 15.8. The highest BCUT2D eigenvalue weighted by molar-refractivity contribution is 14.0. The van der Waals surface area contributed by atoms with E-state index < -0.39 is 0 Å². The third-order valence-electron chi connectivity index (χ3n) is 3.65. The average Bonchev–Trinajstić information content (AvgIpc) is 2.66. The van der Waals surface area contributed by atoms with Crippen LogP contribution in [0.2, 0.25) is 5.02 Å². The number of anilines is 1. The molecule has 27 heavy (non-hydrogen) atoms. The van der Waals surface area contributed by atoms with Gasteiger partial charge >= 0.3 is 0 Å². The van der Waals surface area contributed by atoms with E-state index in [1.54, 1.807) is 27.4 Å². The molecule has 8 heteroatoms. The van der Waals surface area contributed by atoms with Gasteiger partial charge in [-0.1, -0.05) is 17.7 Å². The van der Waals surface area contributed by atoms with E-state index in [1.165, 1.54) is 0 Å². The van der Waals surface area contributed by atoms with Gasteiger partial charge in [0.15, 0.2) is 17.5 Å². The van der Waals surface area contributed by atoms with Gasteiger partial charge in [0.2, 0.25) is 0 Å². The Kier molecular flexibility index (Phi) is 10.1. The van der Waals surface area contributed by atoms with E-state index in [1.807, 2.05) is 37.3 Å². The lowest BCUT2D eigenvalue weighted by molar-refractivity contribution is 0.355. The van der Waals surface area contributed by atoms with Gasteiger partial charge in [-0.2, -0.15) is 0 Å². The zero-order chi connectivity index (χ0) is 18.9. The second-order valence-corrected chi connectivity index (χ2v) is 5.78. The van der Waals surface area contributed by atoms with Gasteiger partial charge in [-0.25, -0.2) is 4.99 Å². The Balaban J connectivity index is 0.00000364. The predicted molar refractivity (Wildman–Crippen MR) is 121 cm³/mol. The number of rotatable bonds is 7. The molecule has 0 spiro atoms. The molecule has 0 aliphatic carbocycles. The number of benzene rings is 2. The molecule has 0 bridgehead atoms. The summed E-state index contributed by atoms with van der Waals surface area (Å²) in [6.45, 7) is 3.19. The minimum atomic E-state index is 0. The van der Waals surface area contributed by atoms with E-state index in [0.717, 1.165) is 17.8 Å².